The number of nitrogens with one attached hydrogen (secondary N) is 1. The minimum atomic E-state index is -0.271. The first-order chi connectivity index (χ1) is 13.1. The fraction of sp³-hybridized carbons (Fsp3) is 0.409. The highest BCUT2D eigenvalue weighted by Gasteiger charge is 2.27. The fourth-order valence-corrected chi connectivity index (χ4v) is 3.65. The third-order valence-electron chi connectivity index (χ3n) is 5.03. The van der Waals surface area contributed by atoms with E-state index in [1.807, 2.05) is 26.0 Å². The van der Waals surface area contributed by atoms with Gasteiger partial charge in [0.2, 0.25) is 5.91 Å². The normalized spacial score (nSPS) is 18.3. The van der Waals surface area contributed by atoms with Crippen LogP contribution in [0.5, 0.6) is 5.75 Å². The topological polar surface area (TPSA) is 41.6 Å². The Hall–Kier alpha value is -2.40. The number of carbonyl (C=O) groups excluding carboxylic acids is 1. The predicted molar refractivity (Wildman–Crippen MR) is 104 cm³/mol. The maximum Gasteiger partial charge on any atom is 0.234 e. The molecule has 0 bridgehead atoms. The van der Waals surface area contributed by atoms with Crippen molar-refractivity contribution < 1.29 is 13.9 Å². The molecule has 1 heterocycles. The molecule has 3 rings (SSSR count). The van der Waals surface area contributed by atoms with E-state index in [0.717, 1.165) is 30.7 Å². The summed E-state index contributed by atoms with van der Waals surface area (Å²) in [5, 5.41) is 3.02. The molecule has 1 saturated heterocycles. The molecule has 1 amide bonds. The van der Waals surface area contributed by atoms with Crippen molar-refractivity contribution >= 4 is 5.91 Å². The molecule has 1 aliphatic rings. The van der Waals surface area contributed by atoms with E-state index in [9.17, 15) is 9.18 Å². The predicted octanol–water partition coefficient (Wildman–Crippen LogP) is 4.24. The molecule has 1 fully saturated rings. The molecule has 144 valence electrons. The van der Waals surface area contributed by atoms with Crippen LogP contribution in [-0.4, -0.2) is 30.5 Å². The number of rotatable bonds is 7. The summed E-state index contributed by atoms with van der Waals surface area (Å²) >= 11 is 0. The lowest BCUT2D eigenvalue weighted by Gasteiger charge is -2.25. The van der Waals surface area contributed by atoms with E-state index < -0.39 is 0 Å². The van der Waals surface area contributed by atoms with Gasteiger partial charge in [-0.3, -0.25) is 9.69 Å². The van der Waals surface area contributed by atoms with Crippen molar-refractivity contribution in [2.45, 2.75) is 38.8 Å². The van der Waals surface area contributed by atoms with Crippen LogP contribution in [0.15, 0.2) is 48.5 Å². The third kappa shape index (κ3) is 5.07. The number of benzene rings is 2. The zero-order valence-electron chi connectivity index (χ0n) is 16.0. The number of likely N-dealkylation sites (tertiary alicyclic amines) is 1. The monoisotopic (exact) mass is 370 g/mol. The van der Waals surface area contributed by atoms with Crippen LogP contribution >= 0.6 is 0 Å². The molecule has 27 heavy (non-hydrogen) atoms. The third-order valence-corrected chi connectivity index (χ3v) is 5.03. The van der Waals surface area contributed by atoms with Gasteiger partial charge in [0.05, 0.1) is 19.2 Å². The van der Waals surface area contributed by atoms with Gasteiger partial charge in [-0.05, 0) is 68.6 Å². The Morgan fingerprint density at radius 3 is 2.59 bits per heavy atom. The summed E-state index contributed by atoms with van der Waals surface area (Å²) in [7, 11) is 0. The second kappa shape index (κ2) is 9.00. The molecule has 1 aliphatic heterocycles. The highest BCUT2D eigenvalue weighted by molar-refractivity contribution is 5.78. The smallest absolute Gasteiger partial charge is 0.234 e. The molecule has 5 heteroatoms. The van der Waals surface area contributed by atoms with Crippen molar-refractivity contribution in [2.24, 2.45) is 0 Å². The van der Waals surface area contributed by atoms with Crippen LogP contribution in [0.3, 0.4) is 0 Å². The van der Waals surface area contributed by atoms with Crippen LogP contribution in [0.4, 0.5) is 4.39 Å². The summed E-state index contributed by atoms with van der Waals surface area (Å²) in [4.78, 5) is 14.7. The fourth-order valence-electron chi connectivity index (χ4n) is 3.65. The van der Waals surface area contributed by atoms with E-state index in [2.05, 4.69) is 22.3 Å². The van der Waals surface area contributed by atoms with E-state index in [1.165, 1.54) is 17.7 Å². The first kappa shape index (κ1) is 19.4. The van der Waals surface area contributed by atoms with Gasteiger partial charge in [0, 0.05) is 6.04 Å². The minimum absolute atomic E-state index is 0.00957. The highest BCUT2D eigenvalue weighted by Crippen LogP contribution is 2.32. The van der Waals surface area contributed by atoms with Crippen LogP contribution in [0.25, 0.3) is 0 Å². The number of hydrogen-bond acceptors (Lipinski definition) is 3. The summed E-state index contributed by atoms with van der Waals surface area (Å²) in [5.74, 6) is 0.592. The SMILES string of the molecule is CCOc1ccc([C@H]2CCCN2CC(=O)N[C@@H](C)c2ccc(F)cc2)cc1. The molecular weight excluding hydrogens is 343 g/mol. The van der Waals surface area contributed by atoms with Gasteiger partial charge >= 0.3 is 0 Å². The second-order valence-corrected chi connectivity index (χ2v) is 6.97. The number of nitrogens with zero attached hydrogens (tertiary/aromatic N) is 1. The molecule has 1 N–H and O–H groups in total. The summed E-state index contributed by atoms with van der Waals surface area (Å²) in [5.41, 5.74) is 2.12. The van der Waals surface area contributed by atoms with Crippen molar-refractivity contribution in [1.82, 2.24) is 10.2 Å². The van der Waals surface area contributed by atoms with Crippen LogP contribution < -0.4 is 10.1 Å². The largest absolute Gasteiger partial charge is 0.494 e. The zero-order chi connectivity index (χ0) is 19.2. The average molecular weight is 370 g/mol. The Bertz CT molecular complexity index is 746. The summed E-state index contributed by atoms with van der Waals surface area (Å²) in [6.07, 6.45) is 2.13. The summed E-state index contributed by atoms with van der Waals surface area (Å²) in [6, 6.07) is 14.5. The first-order valence-electron chi connectivity index (χ1n) is 9.58. The number of carbonyl (C=O) groups is 1. The molecule has 0 unspecified atom stereocenters. The zero-order valence-corrected chi connectivity index (χ0v) is 16.0. The van der Waals surface area contributed by atoms with Crippen LogP contribution in [0.1, 0.15) is 49.9 Å². The standard InChI is InChI=1S/C22H27FN2O2/c1-3-27-20-12-8-18(9-13-20)21-5-4-14-25(21)15-22(26)24-16(2)17-6-10-19(23)11-7-17/h6-13,16,21H,3-5,14-15H2,1-2H3,(H,24,26)/t16-,21+/m0/s1. The number of amides is 1. The molecule has 2 aromatic rings. The van der Waals surface area contributed by atoms with Gasteiger partial charge in [0.15, 0.2) is 0 Å². The highest BCUT2D eigenvalue weighted by atomic mass is 19.1. The Morgan fingerprint density at radius 1 is 1.22 bits per heavy atom. The van der Waals surface area contributed by atoms with Crippen molar-refractivity contribution in [3.05, 3.63) is 65.5 Å². The minimum Gasteiger partial charge on any atom is -0.494 e. The molecule has 0 spiro atoms. The van der Waals surface area contributed by atoms with Gasteiger partial charge in [-0.1, -0.05) is 24.3 Å². The van der Waals surface area contributed by atoms with Gasteiger partial charge in [0.25, 0.3) is 0 Å². The number of halogens is 1. The Labute approximate surface area is 160 Å². The van der Waals surface area contributed by atoms with Gasteiger partial charge in [-0.2, -0.15) is 0 Å². The Balaban J connectivity index is 1.58. The average Bonchev–Trinajstić information content (AvgIpc) is 3.11. The van der Waals surface area contributed by atoms with Gasteiger partial charge in [0.1, 0.15) is 11.6 Å². The first-order valence-corrected chi connectivity index (χ1v) is 9.58. The lowest BCUT2D eigenvalue weighted by Crippen LogP contribution is -2.38. The Kier molecular flexibility index (Phi) is 6.45. The maximum atomic E-state index is 13.1. The molecule has 0 radical (unpaired) electrons. The molecule has 0 aliphatic carbocycles. The van der Waals surface area contributed by atoms with Crippen molar-refractivity contribution in [1.29, 1.82) is 0 Å². The second-order valence-electron chi connectivity index (χ2n) is 6.97. The van der Waals surface area contributed by atoms with Gasteiger partial charge in [-0.15, -0.1) is 0 Å². The lowest BCUT2D eigenvalue weighted by atomic mass is 10.0. The van der Waals surface area contributed by atoms with Crippen molar-refractivity contribution in [2.75, 3.05) is 19.7 Å². The van der Waals surface area contributed by atoms with E-state index in [0.29, 0.717) is 13.2 Å². The van der Waals surface area contributed by atoms with Gasteiger partial charge < -0.3 is 10.1 Å². The van der Waals surface area contributed by atoms with Crippen LogP contribution in [0.2, 0.25) is 0 Å². The maximum absolute atomic E-state index is 13.1. The molecule has 2 aromatic carbocycles. The van der Waals surface area contributed by atoms with E-state index in [1.54, 1.807) is 12.1 Å². The van der Waals surface area contributed by atoms with Crippen LogP contribution in [-0.2, 0) is 4.79 Å². The van der Waals surface area contributed by atoms with E-state index in [-0.39, 0.29) is 23.8 Å². The quantitative estimate of drug-likeness (QED) is 0.793. The number of hydrogen-bond donors (Lipinski definition) is 1. The number of ether oxygens (including phenoxy) is 1. The lowest BCUT2D eigenvalue weighted by molar-refractivity contribution is -0.123. The Morgan fingerprint density at radius 2 is 1.93 bits per heavy atom. The van der Waals surface area contributed by atoms with Crippen molar-refractivity contribution in [3.8, 4) is 5.75 Å². The van der Waals surface area contributed by atoms with E-state index >= 15 is 0 Å². The molecule has 2 atom stereocenters. The van der Waals surface area contributed by atoms with Crippen molar-refractivity contribution in [3.63, 3.8) is 0 Å². The molecule has 0 saturated carbocycles. The summed E-state index contributed by atoms with van der Waals surface area (Å²) < 4.78 is 18.6. The summed E-state index contributed by atoms with van der Waals surface area (Å²) in [6.45, 7) is 5.82. The molecule has 0 aromatic heterocycles. The van der Waals surface area contributed by atoms with Crippen LogP contribution in [0, 0.1) is 5.82 Å². The molecular formula is C22H27FN2O2. The van der Waals surface area contributed by atoms with E-state index in [4.69, 9.17) is 4.74 Å². The molecule has 4 nitrogen and oxygen atoms in total. The van der Waals surface area contributed by atoms with Gasteiger partial charge in [-0.25, -0.2) is 4.39 Å².